The smallest absolute Gasteiger partial charge is 0.273 e. The monoisotopic (exact) mass is 348 g/mol. The van der Waals surface area contributed by atoms with E-state index in [2.05, 4.69) is 10.4 Å². The van der Waals surface area contributed by atoms with Gasteiger partial charge in [-0.3, -0.25) is 14.3 Å². The lowest BCUT2D eigenvalue weighted by atomic mass is 10.0. The molecule has 0 radical (unpaired) electrons. The molecule has 0 fully saturated rings. The number of rotatable bonds is 8. The molecule has 0 aliphatic heterocycles. The minimum atomic E-state index is -1.03. The van der Waals surface area contributed by atoms with Gasteiger partial charge in [-0.05, 0) is 18.4 Å². The van der Waals surface area contributed by atoms with Crippen molar-refractivity contribution >= 4 is 22.7 Å². The maximum atomic E-state index is 14.0. The second kappa shape index (κ2) is 8.09. The molecule has 0 saturated carbocycles. The number of para-hydroxylation sites is 1. The first kappa shape index (κ1) is 18.9. The summed E-state index contributed by atoms with van der Waals surface area (Å²) in [5.41, 5.74) is 6.21. The van der Waals surface area contributed by atoms with Crippen LogP contribution in [-0.4, -0.2) is 33.8 Å². The number of carbonyl (C=O) groups excluding carboxylic acids is 2. The van der Waals surface area contributed by atoms with E-state index in [1.807, 2.05) is 13.0 Å². The van der Waals surface area contributed by atoms with Crippen LogP contribution in [-0.2, 0) is 11.3 Å². The van der Waals surface area contributed by atoms with Crippen LogP contribution in [0.4, 0.5) is 4.39 Å². The number of hydrogen-bond donors (Lipinski definition) is 2. The molecule has 25 heavy (non-hydrogen) atoms. The first-order valence-electron chi connectivity index (χ1n) is 8.54. The molecule has 1 aromatic carbocycles. The summed E-state index contributed by atoms with van der Waals surface area (Å²) in [5.74, 6) is -1.23. The molecule has 2 aromatic rings. The van der Waals surface area contributed by atoms with E-state index in [1.54, 1.807) is 32.0 Å². The van der Waals surface area contributed by atoms with Crippen molar-refractivity contribution in [2.45, 2.75) is 52.4 Å². The van der Waals surface area contributed by atoms with E-state index >= 15 is 0 Å². The number of aromatic nitrogens is 2. The Labute approximate surface area is 146 Å². The first-order chi connectivity index (χ1) is 11.8. The van der Waals surface area contributed by atoms with Crippen LogP contribution in [0, 0.1) is 5.92 Å². The maximum absolute atomic E-state index is 14.0. The fourth-order valence-electron chi connectivity index (χ4n) is 2.80. The van der Waals surface area contributed by atoms with Gasteiger partial charge in [0.1, 0.15) is 12.2 Å². The van der Waals surface area contributed by atoms with Gasteiger partial charge in [-0.15, -0.1) is 0 Å². The summed E-state index contributed by atoms with van der Waals surface area (Å²) in [6.07, 6.45) is 0.146. The van der Waals surface area contributed by atoms with Crippen molar-refractivity contribution in [2.75, 3.05) is 0 Å². The fourth-order valence-corrected chi connectivity index (χ4v) is 2.80. The van der Waals surface area contributed by atoms with Gasteiger partial charge in [0.05, 0.1) is 12.1 Å². The lowest BCUT2D eigenvalue weighted by Gasteiger charge is -2.18. The van der Waals surface area contributed by atoms with Gasteiger partial charge in [-0.25, -0.2) is 4.39 Å². The van der Waals surface area contributed by atoms with E-state index in [9.17, 15) is 14.0 Å². The number of hydrogen-bond acceptors (Lipinski definition) is 3. The number of carbonyl (C=O) groups is 2. The summed E-state index contributed by atoms with van der Waals surface area (Å²) < 4.78 is 15.5. The number of nitrogens with zero attached hydrogens (tertiary/aromatic N) is 2. The highest BCUT2D eigenvalue weighted by molar-refractivity contribution is 6.06. The molecule has 2 rings (SSSR count). The molecule has 0 bridgehead atoms. The van der Waals surface area contributed by atoms with Crippen LogP contribution in [0.25, 0.3) is 10.9 Å². The Morgan fingerprint density at radius 3 is 2.60 bits per heavy atom. The zero-order valence-corrected chi connectivity index (χ0v) is 14.8. The third-order valence-electron chi connectivity index (χ3n) is 4.11. The molecule has 0 aliphatic carbocycles. The molecule has 0 spiro atoms. The molecule has 2 amide bonds. The van der Waals surface area contributed by atoms with E-state index < -0.39 is 24.0 Å². The molecule has 0 aliphatic rings. The largest absolute Gasteiger partial charge is 0.368 e. The highest BCUT2D eigenvalue weighted by Crippen LogP contribution is 2.20. The number of benzene rings is 1. The lowest BCUT2D eigenvalue weighted by Crippen LogP contribution is -2.47. The van der Waals surface area contributed by atoms with Crippen LogP contribution in [0.5, 0.6) is 0 Å². The fraction of sp³-hybridized carbons (Fsp3) is 0.500. The average Bonchev–Trinajstić information content (AvgIpc) is 2.91. The number of nitrogens with two attached hydrogens (primary N) is 1. The summed E-state index contributed by atoms with van der Waals surface area (Å²) in [5, 5.41) is 7.55. The number of alkyl halides is 1. The Morgan fingerprint density at radius 2 is 2.00 bits per heavy atom. The minimum Gasteiger partial charge on any atom is -0.368 e. The molecule has 136 valence electrons. The van der Waals surface area contributed by atoms with E-state index in [1.165, 1.54) is 4.68 Å². The van der Waals surface area contributed by atoms with Crippen LogP contribution in [0.1, 0.15) is 44.1 Å². The van der Waals surface area contributed by atoms with E-state index in [-0.39, 0.29) is 18.2 Å². The average molecular weight is 348 g/mol. The standard InChI is InChI=1S/C18H25FN4O2/c1-4-7-12(19)10-23-14-9-6-5-8-13(14)16(22-23)18(25)21-15(11(2)3)17(20)24/h5-6,8-9,11-12,15H,4,7,10H2,1-3H3,(H2,20,24)(H,21,25)/t12-,15-/m1/s1. The second-order valence-corrected chi connectivity index (χ2v) is 6.53. The van der Waals surface area contributed by atoms with E-state index in [0.717, 1.165) is 6.42 Å². The van der Waals surface area contributed by atoms with Crippen molar-refractivity contribution in [1.29, 1.82) is 0 Å². The Kier molecular flexibility index (Phi) is 6.12. The van der Waals surface area contributed by atoms with E-state index in [4.69, 9.17) is 5.73 Å². The van der Waals surface area contributed by atoms with Crippen LogP contribution >= 0.6 is 0 Å². The normalized spacial score (nSPS) is 13.8. The quantitative estimate of drug-likeness (QED) is 0.767. The molecule has 3 N–H and O–H groups in total. The van der Waals surface area contributed by atoms with Gasteiger partial charge in [0, 0.05) is 5.39 Å². The summed E-state index contributed by atoms with van der Waals surface area (Å²) in [4.78, 5) is 24.1. The van der Waals surface area contributed by atoms with Gasteiger partial charge in [-0.1, -0.05) is 45.4 Å². The van der Waals surface area contributed by atoms with Gasteiger partial charge in [-0.2, -0.15) is 5.10 Å². The van der Waals surface area contributed by atoms with Crippen LogP contribution in [0.3, 0.4) is 0 Å². The van der Waals surface area contributed by atoms with Crippen molar-refractivity contribution in [1.82, 2.24) is 15.1 Å². The Morgan fingerprint density at radius 1 is 1.32 bits per heavy atom. The zero-order valence-electron chi connectivity index (χ0n) is 14.8. The third kappa shape index (κ3) is 4.35. The number of primary amides is 1. The predicted octanol–water partition coefficient (Wildman–Crippen LogP) is 2.41. The number of nitrogens with one attached hydrogen (secondary N) is 1. The van der Waals surface area contributed by atoms with Crippen LogP contribution in [0.15, 0.2) is 24.3 Å². The summed E-state index contributed by atoms with van der Waals surface area (Å²) in [6, 6.07) is 6.38. The van der Waals surface area contributed by atoms with E-state index in [0.29, 0.717) is 17.3 Å². The van der Waals surface area contributed by atoms with Crippen molar-refractivity contribution in [3.8, 4) is 0 Å². The molecule has 0 unspecified atom stereocenters. The molecule has 2 atom stereocenters. The lowest BCUT2D eigenvalue weighted by molar-refractivity contribution is -0.120. The van der Waals surface area contributed by atoms with Crippen molar-refractivity contribution < 1.29 is 14.0 Å². The molecule has 6 nitrogen and oxygen atoms in total. The summed E-state index contributed by atoms with van der Waals surface area (Å²) >= 11 is 0. The van der Waals surface area contributed by atoms with Gasteiger partial charge in [0.25, 0.3) is 5.91 Å². The SMILES string of the molecule is CCC[C@@H](F)Cn1nc(C(=O)N[C@@H](C(N)=O)C(C)C)c2ccccc21. The second-order valence-electron chi connectivity index (χ2n) is 6.53. The highest BCUT2D eigenvalue weighted by Gasteiger charge is 2.25. The molecule has 1 heterocycles. The first-order valence-corrected chi connectivity index (χ1v) is 8.54. The molecule has 7 heteroatoms. The third-order valence-corrected chi connectivity index (χ3v) is 4.11. The maximum Gasteiger partial charge on any atom is 0.273 e. The van der Waals surface area contributed by atoms with Crippen molar-refractivity contribution in [2.24, 2.45) is 11.7 Å². The van der Waals surface area contributed by atoms with Crippen molar-refractivity contribution in [3.05, 3.63) is 30.0 Å². The van der Waals surface area contributed by atoms with Crippen molar-refractivity contribution in [3.63, 3.8) is 0 Å². The number of fused-ring (bicyclic) bond motifs is 1. The molecular formula is C18H25FN4O2. The topological polar surface area (TPSA) is 90.0 Å². The summed E-state index contributed by atoms with van der Waals surface area (Å²) in [7, 11) is 0. The number of halogens is 1. The Hall–Kier alpha value is -2.44. The molecule has 0 saturated heterocycles. The van der Waals surface area contributed by atoms with Crippen LogP contribution < -0.4 is 11.1 Å². The highest BCUT2D eigenvalue weighted by atomic mass is 19.1. The summed E-state index contributed by atoms with van der Waals surface area (Å²) in [6.45, 7) is 5.60. The van der Waals surface area contributed by atoms with Gasteiger partial charge in [0.2, 0.25) is 5.91 Å². The molecular weight excluding hydrogens is 323 g/mol. The molecule has 1 aromatic heterocycles. The van der Waals surface area contributed by atoms with Gasteiger partial charge < -0.3 is 11.1 Å². The van der Waals surface area contributed by atoms with Crippen LogP contribution in [0.2, 0.25) is 0 Å². The van der Waals surface area contributed by atoms with Gasteiger partial charge in [0.15, 0.2) is 5.69 Å². The number of amides is 2. The van der Waals surface area contributed by atoms with Gasteiger partial charge >= 0.3 is 0 Å². The zero-order chi connectivity index (χ0) is 18.6. The predicted molar refractivity (Wildman–Crippen MR) is 94.8 cm³/mol. The Bertz CT molecular complexity index is 757. The Balaban J connectivity index is 2.34. The minimum absolute atomic E-state index is 0.0884.